The van der Waals surface area contributed by atoms with Crippen LogP contribution in [0.2, 0.25) is 0 Å². The molecule has 0 radical (unpaired) electrons. The molecule has 18 heavy (non-hydrogen) atoms. The zero-order chi connectivity index (χ0) is 12.8. The number of hydrogen-bond donors (Lipinski definition) is 1. The third-order valence-electron chi connectivity index (χ3n) is 3.01. The fourth-order valence-corrected chi connectivity index (χ4v) is 2.08. The van der Waals surface area contributed by atoms with Crippen molar-refractivity contribution >= 4 is 0 Å². The lowest BCUT2D eigenvalue weighted by Crippen LogP contribution is -2.25. The summed E-state index contributed by atoms with van der Waals surface area (Å²) in [5, 5.41) is 3.54. The summed E-state index contributed by atoms with van der Waals surface area (Å²) in [4.78, 5) is 4.51. The number of nitrogens with zero attached hydrogens (tertiary/aromatic N) is 1. The molecule has 0 fully saturated rings. The molecule has 3 heteroatoms. The van der Waals surface area contributed by atoms with Crippen LogP contribution in [0.4, 0.5) is 0 Å². The van der Waals surface area contributed by atoms with Crippen molar-refractivity contribution in [2.75, 3.05) is 6.54 Å². The van der Waals surface area contributed by atoms with E-state index >= 15 is 0 Å². The van der Waals surface area contributed by atoms with Crippen LogP contribution in [-0.4, -0.2) is 11.5 Å². The van der Waals surface area contributed by atoms with Crippen molar-refractivity contribution in [2.24, 2.45) is 0 Å². The largest absolute Gasteiger partial charge is 0.469 e. The summed E-state index contributed by atoms with van der Waals surface area (Å²) in [7, 11) is 0. The quantitative estimate of drug-likeness (QED) is 0.847. The van der Waals surface area contributed by atoms with Crippen molar-refractivity contribution in [3.63, 3.8) is 0 Å². The Morgan fingerprint density at radius 2 is 2.22 bits per heavy atom. The molecule has 1 N–H and O–H groups in total. The predicted octanol–water partition coefficient (Wildman–Crippen LogP) is 3.27. The van der Waals surface area contributed by atoms with E-state index in [1.54, 1.807) is 6.26 Å². The summed E-state index contributed by atoms with van der Waals surface area (Å²) in [6, 6.07) is 8.24. The zero-order valence-electron chi connectivity index (χ0n) is 11.0. The van der Waals surface area contributed by atoms with Crippen molar-refractivity contribution < 1.29 is 4.42 Å². The van der Waals surface area contributed by atoms with Crippen LogP contribution < -0.4 is 5.32 Å². The van der Waals surface area contributed by atoms with E-state index in [0.29, 0.717) is 0 Å². The minimum atomic E-state index is 0.220. The first-order valence-corrected chi connectivity index (χ1v) is 6.48. The highest BCUT2D eigenvalue weighted by molar-refractivity contribution is 5.22. The first-order chi connectivity index (χ1) is 8.81. The molecule has 0 saturated heterocycles. The van der Waals surface area contributed by atoms with E-state index in [1.165, 1.54) is 5.56 Å². The highest BCUT2D eigenvalue weighted by Crippen LogP contribution is 2.19. The molecule has 1 unspecified atom stereocenters. The molecule has 2 aromatic heterocycles. The lowest BCUT2D eigenvalue weighted by molar-refractivity contribution is 0.443. The van der Waals surface area contributed by atoms with E-state index in [9.17, 15) is 0 Å². The molecule has 0 aliphatic rings. The van der Waals surface area contributed by atoms with Gasteiger partial charge in [0, 0.05) is 12.6 Å². The van der Waals surface area contributed by atoms with Gasteiger partial charge in [0.2, 0.25) is 0 Å². The fraction of sp³-hybridized carbons (Fsp3) is 0.400. The maximum absolute atomic E-state index is 5.44. The third-order valence-corrected chi connectivity index (χ3v) is 3.01. The Morgan fingerprint density at radius 3 is 2.89 bits per heavy atom. The van der Waals surface area contributed by atoms with E-state index in [4.69, 9.17) is 4.42 Å². The second-order valence-corrected chi connectivity index (χ2v) is 4.50. The van der Waals surface area contributed by atoms with Crippen LogP contribution in [0.3, 0.4) is 0 Å². The summed E-state index contributed by atoms with van der Waals surface area (Å²) >= 11 is 0. The average molecular weight is 244 g/mol. The maximum atomic E-state index is 5.44. The molecule has 2 aromatic rings. The van der Waals surface area contributed by atoms with Gasteiger partial charge in [0.25, 0.3) is 0 Å². The minimum absolute atomic E-state index is 0.220. The summed E-state index contributed by atoms with van der Waals surface area (Å²) in [6.07, 6.45) is 5.52. The lowest BCUT2D eigenvalue weighted by atomic mass is 10.0. The number of aryl methyl sites for hydroxylation is 1. The van der Waals surface area contributed by atoms with E-state index in [1.807, 2.05) is 24.4 Å². The molecule has 0 saturated carbocycles. The van der Waals surface area contributed by atoms with E-state index < -0.39 is 0 Å². The molecule has 96 valence electrons. The van der Waals surface area contributed by atoms with Crippen molar-refractivity contribution in [3.8, 4) is 0 Å². The predicted molar refractivity (Wildman–Crippen MR) is 72.4 cm³/mol. The van der Waals surface area contributed by atoms with E-state index in [-0.39, 0.29) is 6.04 Å². The SMILES string of the molecule is CCCNC(Cc1ccco1)c1ncccc1C. The number of pyridine rings is 1. The molecule has 3 nitrogen and oxygen atoms in total. The Kier molecular flexibility index (Phi) is 4.53. The van der Waals surface area contributed by atoms with Crippen LogP contribution in [0.5, 0.6) is 0 Å². The smallest absolute Gasteiger partial charge is 0.105 e. The van der Waals surface area contributed by atoms with Gasteiger partial charge in [-0.2, -0.15) is 0 Å². The van der Waals surface area contributed by atoms with Gasteiger partial charge in [-0.25, -0.2) is 0 Å². The first-order valence-electron chi connectivity index (χ1n) is 6.48. The van der Waals surface area contributed by atoms with Gasteiger partial charge < -0.3 is 9.73 Å². The number of nitrogens with one attached hydrogen (secondary N) is 1. The van der Waals surface area contributed by atoms with Gasteiger partial charge in [-0.1, -0.05) is 13.0 Å². The van der Waals surface area contributed by atoms with Gasteiger partial charge in [-0.15, -0.1) is 0 Å². The van der Waals surface area contributed by atoms with Crippen molar-refractivity contribution in [3.05, 3.63) is 53.7 Å². The van der Waals surface area contributed by atoms with Gasteiger partial charge >= 0.3 is 0 Å². The number of rotatable bonds is 6. The third kappa shape index (κ3) is 3.20. The Labute approximate surface area is 108 Å². The number of furan rings is 1. The minimum Gasteiger partial charge on any atom is -0.469 e. The normalized spacial score (nSPS) is 12.6. The average Bonchev–Trinajstić information content (AvgIpc) is 2.88. The van der Waals surface area contributed by atoms with Gasteiger partial charge in [0.05, 0.1) is 18.0 Å². The molecule has 0 amide bonds. The Hall–Kier alpha value is -1.61. The lowest BCUT2D eigenvalue weighted by Gasteiger charge is -2.18. The van der Waals surface area contributed by atoms with E-state index in [2.05, 4.69) is 30.2 Å². The first kappa shape index (κ1) is 12.8. The Bertz CT molecular complexity index is 465. The maximum Gasteiger partial charge on any atom is 0.105 e. The summed E-state index contributed by atoms with van der Waals surface area (Å²) in [5.41, 5.74) is 2.33. The van der Waals surface area contributed by atoms with Crippen LogP contribution in [0.25, 0.3) is 0 Å². The standard InChI is InChI=1S/C15H20N2O/c1-3-8-16-14(11-13-7-5-10-18-13)15-12(2)6-4-9-17-15/h4-7,9-10,14,16H,3,8,11H2,1-2H3. The number of aromatic nitrogens is 1. The molecule has 2 heterocycles. The topological polar surface area (TPSA) is 38.1 Å². The summed E-state index contributed by atoms with van der Waals surface area (Å²) in [6.45, 7) is 5.26. The second-order valence-electron chi connectivity index (χ2n) is 4.50. The highest BCUT2D eigenvalue weighted by atomic mass is 16.3. The monoisotopic (exact) mass is 244 g/mol. The molecule has 2 rings (SSSR count). The molecule has 0 aliphatic heterocycles. The molecular weight excluding hydrogens is 224 g/mol. The number of hydrogen-bond acceptors (Lipinski definition) is 3. The molecular formula is C15H20N2O. The molecule has 0 bridgehead atoms. The van der Waals surface area contributed by atoms with Gasteiger partial charge in [-0.3, -0.25) is 4.98 Å². The summed E-state index contributed by atoms with van der Waals surface area (Å²) in [5.74, 6) is 0.994. The van der Waals surface area contributed by atoms with E-state index in [0.717, 1.165) is 30.8 Å². The van der Waals surface area contributed by atoms with Gasteiger partial charge in [0.15, 0.2) is 0 Å². The van der Waals surface area contributed by atoms with Crippen molar-refractivity contribution in [1.29, 1.82) is 0 Å². The molecule has 0 aliphatic carbocycles. The summed E-state index contributed by atoms with van der Waals surface area (Å²) < 4.78 is 5.44. The molecule has 0 aromatic carbocycles. The molecule has 0 spiro atoms. The zero-order valence-corrected chi connectivity index (χ0v) is 11.0. The van der Waals surface area contributed by atoms with Crippen LogP contribution >= 0.6 is 0 Å². The van der Waals surface area contributed by atoms with Gasteiger partial charge in [0.1, 0.15) is 5.76 Å². The Morgan fingerprint density at radius 1 is 1.33 bits per heavy atom. The second kappa shape index (κ2) is 6.36. The Balaban J connectivity index is 2.16. The van der Waals surface area contributed by atoms with Crippen LogP contribution in [0.15, 0.2) is 41.1 Å². The van der Waals surface area contributed by atoms with Crippen LogP contribution in [0.1, 0.15) is 36.4 Å². The highest BCUT2D eigenvalue weighted by Gasteiger charge is 2.16. The van der Waals surface area contributed by atoms with Crippen molar-refractivity contribution in [1.82, 2.24) is 10.3 Å². The fourth-order valence-electron chi connectivity index (χ4n) is 2.08. The van der Waals surface area contributed by atoms with Gasteiger partial charge in [-0.05, 0) is 43.7 Å². The van der Waals surface area contributed by atoms with Crippen molar-refractivity contribution in [2.45, 2.75) is 32.7 Å². The van der Waals surface area contributed by atoms with Crippen LogP contribution in [-0.2, 0) is 6.42 Å². The van der Waals surface area contributed by atoms with Crippen LogP contribution in [0, 0.1) is 6.92 Å². The molecule has 1 atom stereocenters.